The number of rotatable bonds is 3. The second-order valence-electron chi connectivity index (χ2n) is 4.46. The molecule has 1 saturated heterocycles. The normalized spacial score (nSPS) is 25.0. The van der Waals surface area contributed by atoms with Gasteiger partial charge in [-0.05, 0) is 30.9 Å². The van der Waals surface area contributed by atoms with E-state index >= 15 is 0 Å². The maximum Gasteiger partial charge on any atom is 0.0508 e. The van der Waals surface area contributed by atoms with E-state index in [0.717, 1.165) is 25.3 Å². The highest BCUT2D eigenvalue weighted by Crippen LogP contribution is 2.31. The summed E-state index contributed by atoms with van der Waals surface area (Å²) in [6.07, 6.45) is 4.13. The van der Waals surface area contributed by atoms with E-state index in [1.54, 1.807) is 0 Å². The first-order chi connectivity index (χ1) is 7.79. The van der Waals surface area contributed by atoms with E-state index in [1.165, 1.54) is 6.42 Å². The maximum atomic E-state index is 6.52. The lowest BCUT2D eigenvalue weighted by molar-refractivity contribution is 0.0510. The second kappa shape index (κ2) is 5.65. The molecule has 2 heterocycles. The molecule has 2 rings (SSSR count). The zero-order valence-corrected chi connectivity index (χ0v) is 10.4. The summed E-state index contributed by atoms with van der Waals surface area (Å²) in [4.78, 5) is 4.37. The molecule has 0 radical (unpaired) electrons. The fourth-order valence-electron chi connectivity index (χ4n) is 2.23. The molecule has 1 aromatic heterocycles. The molecule has 0 bridgehead atoms. The Kier molecular flexibility index (Phi) is 4.19. The standard InChI is InChI=1S/C13H18ClNO/c1-10(12-6-2-3-7-15-12)13(14)11-5-4-8-16-9-11/h2-3,6-7,10-11,13H,4-5,8-9H2,1H3. The zero-order chi connectivity index (χ0) is 11.4. The summed E-state index contributed by atoms with van der Waals surface area (Å²) in [6.45, 7) is 3.83. The molecule has 1 fully saturated rings. The van der Waals surface area contributed by atoms with Crippen molar-refractivity contribution in [1.29, 1.82) is 0 Å². The van der Waals surface area contributed by atoms with Crippen LogP contribution in [0.2, 0.25) is 0 Å². The second-order valence-corrected chi connectivity index (χ2v) is 4.97. The molecule has 0 saturated carbocycles. The molecule has 1 aromatic rings. The maximum absolute atomic E-state index is 6.52. The van der Waals surface area contributed by atoms with E-state index in [0.29, 0.717) is 5.92 Å². The van der Waals surface area contributed by atoms with E-state index in [-0.39, 0.29) is 11.3 Å². The molecule has 3 heteroatoms. The molecule has 2 nitrogen and oxygen atoms in total. The number of halogens is 1. The molecule has 0 aromatic carbocycles. The van der Waals surface area contributed by atoms with Gasteiger partial charge in [0.05, 0.1) is 6.61 Å². The van der Waals surface area contributed by atoms with E-state index in [1.807, 2.05) is 24.4 Å². The third-order valence-electron chi connectivity index (χ3n) is 3.28. The summed E-state index contributed by atoms with van der Waals surface area (Å²) in [6, 6.07) is 5.99. The topological polar surface area (TPSA) is 22.1 Å². The number of pyridine rings is 1. The summed E-state index contributed by atoms with van der Waals surface area (Å²) >= 11 is 6.52. The quantitative estimate of drug-likeness (QED) is 0.756. The van der Waals surface area contributed by atoms with Crippen LogP contribution in [-0.2, 0) is 4.74 Å². The summed E-state index contributed by atoms with van der Waals surface area (Å²) in [5.41, 5.74) is 1.08. The minimum atomic E-state index is 0.121. The Morgan fingerprint density at radius 1 is 1.50 bits per heavy atom. The van der Waals surface area contributed by atoms with E-state index in [2.05, 4.69) is 11.9 Å². The first-order valence-corrected chi connectivity index (χ1v) is 6.35. The Hall–Kier alpha value is -0.600. The van der Waals surface area contributed by atoms with Crippen LogP contribution in [0.15, 0.2) is 24.4 Å². The van der Waals surface area contributed by atoms with Gasteiger partial charge in [-0.15, -0.1) is 11.6 Å². The Morgan fingerprint density at radius 3 is 3.00 bits per heavy atom. The van der Waals surface area contributed by atoms with Crippen molar-refractivity contribution in [3.63, 3.8) is 0 Å². The van der Waals surface area contributed by atoms with E-state index in [9.17, 15) is 0 Å². The van der Waals surface area contributed by atoms with Crippen LogP contribution in [0.3, 0.4) is 0 Å². The van der Waals surface area contributed by atoms with Crippen LogP contribution in [0.4, 0.5) is 0 Å². The van der Waals surface area contributed by atoms with Crippen LogP contribution >= 0.6 is 11.6 Å². The Morgan fingerprint density at radius 2 is 2.38 bits per heavy atom. The van der Waals surface area contributed by atoms with E-state index < -0.39 is 0 Å². The molecule has 1 aliphatic rings. The van der Waals surface area contributed by atoms with Crippen LogP contribution < -0.4 is 0 Å². The highest BCUT2D eigenvalue weighted by Gasteiger charge is 2.28. The van der Waals surface area contributed by atoms with Gasteiger partial charge in [0.25, 0.3) is 0 Å². The minimum Gasteiger partial charge on any atom is -0.381 e. The molecule has 1 aliphatic heterocycles. The van der Waals surface area contributed by atoms with Gasteiger partial charge in [-0.1, -0.05) is 13.0 Å². The Bertz CT molecular complexity index is 311. The molecule has 88 valence electrons. The van der Waals surface area contributed by atoms with Crippen molar-refractivity contribution in [3.05, 3.63) is 30.1 Å². The number of hydrogen-bond acceptors (Lipinski definition) is 2. The van der Waals surface area contributed by atoms with Gasteiger partial charge >= 0.3 is 0 Å². The third-order valence-corrected chi connectivity index (χ3v) is 4.01. The Labute approximate surface area is 102 Å². The monoisotopic (exact) mass is 239 g/mol. The summed E-state index contributed by atoms with van der Waals surface area (Å²) in [7, 11) is 0. The minimum absolute atomic E-state index is 0.121. The smallest absolute Gasteiger partial charge is 0.0508 e. The third kappa shape index (κ3) is 2.74. The van der Waals surface area contributed by atoms with Gasteiger partial charge in [-0.25, -0.2) is 0 Å². The largest absolute Gasteiger partial charge is 0.381 e. The number of ether oxygens (including phenoxy) is 1. The molecule has 3 atom stereocenters. The summed E-state index contributed by atoms with van der Waals surface area (Å²) in [5, 5.41) is 0.121. The van der Waals surface area contributed by atoms with Gasteiger partial charge in [-0.3, -0.25) is 4.98 Å². The van der Waals surface area contributed by atoms with Gasteiger partial charge in [-0.2, -0.15) is 0 Å². The molecule has 0 amide bonds. The lowest BCUT2D eigenvalue weighted by Gasteiger charge is -2.29. The van der Waals surface area contributed by atoms with Gasteiger partial charge in [0, 0.05) is 29.8 Å². The van der Waals surface area contributed by atoms with Crippen LogP contribution in [0.5, 0.6) is 0 Å². The van der Waals surface area contributed by atoms with Gasteiger partial charge in [0.15, 0.2) is 0 Å². The van der Waals surface area contributed by atoms with Crippen LogP contribution in [0, 0.1) is 5.92 Å². The predicted molar refractivity (Wildman–Crippen MR) is 65.8 cm³/mol. The van der Waals surface area contributed by atoms with Crippen LogP contribution in [0.1, 0.15) is 31.4 Å². The lowest BCUT2D eigenvalue weighted by Crippen LogP contribution is -2.29. The molecular formula is C13H18ClNO. The number of nitrogens with zero attached hydrogens (tertiary/aromatic N) is 1. The van der Waals surface area contributed by atoms with Crippen molar-refractivity contribution < 1.29 is 4.74 Å². The zero-order valence-electron chi connectivity index (χ0n) is 9.60. The number of alkyl halides is 1. The van der Waals surface area contributed by atoms with Crippen molar-refractivity contribution in [1.82, 2.24) is 4.98 Å². The fraction of sp³-hybridized carbons (Fsp3) is 0.615. The molecule has 16 heavy (non-hydrogen) atoms. The highest BCUT2D eigenvalue weighted by molar-refractivity contribution is 6.21. The van der Waals surface area contributed by atoms with Gasteiger partial charge < -0.3 is 4.74 Å². The molecular weight excluding hydrogens is 222 g/mol. The van der Waals surface area contributed by atoms with Crippen molar-refractivity contribution in [2.75, 3.05) is 13.2 Å². The molecule has 0 aliphatic carbocycles. The summed E-state index contributed by atoms with van der Waals surface area (Å²) in [5.74, 6) is 0.752. The van der Waals surface area contributed by atoms with Crippen LogP contribution in [-0.4, -0.2) is 23.6 Å². The molecule has 3 unspecified atom stereocenters. The van der Waals surface area contributed by atoms with Gasteiger partial charge in [0.1, 0.15) is 0 Å². The lowest BCUT2D eigenvalue weighted by atomic mass is 9.89. The van der Waals surface area contributed by atoms with Crippen molar-refractivity contribution in [2.45, 2.75) is 31.1 Å². The SMILES string of the molecule is CC(c1ccccn1)C(Cl)C1CCCOC1. The first-order valence-electron chi connectivity index (χ1n) is 5.92. The van der Waals surface area contributed by atoms with Crippen molar-refractivity contribution in [2.24, 2.45) is 5.92 Å². The Balaban J connectivity index is 2.00. The van der Waals surface area contributed by atoms with Crippen LogP contribution in [0.25, 0.3) is 0 Å². The average molecular weight is 240 g/mol. The predicted octanol–water partition coefficient (Wildman–Crippen LogP) is 3.22. The number of hydrogen-bond donors (Lipinski definition) is 0. The molecule has 0 spiro atoms. The fourth-order valence-corrected chi connectivity index (χ4v) is 2.56. The van der Waals surface area contributed by atoms with Crippen molar-refractivity contribution >= 4 is 11.6 Å². The molecule has 0 N–H and O–H groups in total. The highest BCUT2D eigenvalue weighted by atomic mass is 35.5. The van der Waals surface area contributed by atoms with Crippen molar-refractivity contribution in [3.8, 4) is 0 Å². The first kappa shape index (κ1) is 11.9. The average Bonchev–Trinajstić information content (AvgIpc) is 2.39. The summed E-state index contributed by atoms with van der Waals surface area (Å²) < 4.78 is 5.48. The van der Waals surface area contributed by atoms with Gasteiger partial charge in [0.2, 0.25) is 0 Å². The van der Waals surface area contributed by atoms with E-state index in [4.69, 9.17) is 16.3 Å². The number of aromatic nitrogens is 1.